The highest BCUT2D eigenvalue weighted by Gasteiger charge is 2.33. The lowest BCUT2D eigenvalue weighted by Gasteiger charge is -2.33. The number of halogens is 1. The third-order valence-electron chi connectivity index (χ3n) is 5.47. The molecular weight excluding hydrogens is 408 g/mol. The van der Waals surface area contributed by atoms with Crippen LogP contribution in [0.4, 0.5) is 5.00 Å². The topological polar surface area (TPSA) is 81.4 Å². The van der Waals surface area contributed by atoms with Crippen LogP contribution in [0.15, 0.2) is 24.3 Å². The number of benzene rings is 1. The number of hydrogen-bond acceptors (Lipinski definition) is 4. The first-order chi connectivity index (χ1) is 13.6. The number of amides is 2. The lowest BCUT2D eigenvalue weighted by Crippen LogP contribution is -2.30. The zero-order valence-corrected chi connectivity index (χ0v) is 18.7. The summed E-state index contributed by atoms with van der Waals surface area (Å²) < 4.78 is 5.69. The van der Waals surface area contributed by atoms with Crippen LogP contribution in [-0.4, -0.2) is 17.9 Å². The summed E-state index contributed by atoms with van der Waals surface area (Å²) in [5, 5.41) is 3.98. The number of nitrogens with two attached hydrogens (primary N) is 1. The lowest BCUT2D eigenvalue weighted by atomic mass is 9.72. The first-order valence-electron chi connectivity index (χ1n) is 9.73. The van der Waals surface area contributed by atoms with Gasteiger partial charge in [0.1, 0.15) is 10.8 Å². The van der Waals surface area contributed by atoms with E-state index in [9.17, 15) is 9.59 Å². The standard InChI is InChI=1S/C22H27ClN2O3S/c1-12(28-15-8-6-14(23)7-9-15)20(27)25-21-18(19(24)26)16-10-5-13(22(2,3)4)11-17(16)29-21/h6-9,12-13H,5,10-11H2,1-4H3,(H2,24,26)(H,25,27)/t12-,13+/m0/s1. The highest BCUT2D eigenvalue weighted by atomic mass is 35.5. The maximum absolute atomic E-state index is 12.7. The van der Waals surface area contributed by atoms with Crippen LogP contribution < -0.4 is 15.8 Å². The minimum Gasteiger partial charge on any atom is -0.481 e. The molecule has 29 heavy (non-hydrogen) atoms. The molecule has 0 saturated heterocycles. The zero-order valence-electron chi connectivity index (χ0n) is 17.2. The summed E-state index contributed by atoms with van der Waals surface area (Å²) in [6.07, 6.45) is 1.98. The molecule has 1 aromatic heterocycles. The average molecular weight is 435 g/mol. The van der Waals surface area contributed by atoms with Crippen molar-refractivity contribution in [2.24, 2.45) is 17.1 Å². The number of anilines is 1. The minimum absolute atomic E-state index is 0.193. The van der Waals surface area contributed by atoms with Gasteiger partial charge in [-0.1, -0.05) is 32.4 Å². The van der Waals surface area contributed by atoms with E-state index in [0.29, 0.717) is 27.3 Å². The van der Waals surface area contributed by atoms with Crippen LogP contribution in [0.2, 0.25) is 5.02 Å². The molecule has 0 bridgehead atoms. The predicted molar refractivity (Wildman–Crippen MR) is 118 cm³/mol. The number of carbonyl (C=O) groups excluding carboxylic acids is 2. The normalized spacial score (nSPS) is 17.3. The Morgan fingerprint density at radius 1 is 1.28 bits per heavy atom. The van der Waals surface area contributed by atoms with E-state index in [1.807, 2.05) is 0 Å². The fourth-order valence-electron chi connectivity index (χ4n) is 3.66. The maximum Gasteiger partial charge on any atom is 0.265 e. The molecule has 3 N–H and O–H groups in total. The van der Waals surface area contributed by atoms with Crippen LogP contribution in [0.1, 0.15) is 54.9 Å². The zero-order chi connectivity index (χ0) is 21.3. The van der Waals surface area contributed by atoms with Crippen LogP contribution >= 0.6 is 22.9 Å². The predicted octanol–water partition coefficient (Wildman–Crippen LogP) is 5.06. The summed E-state index contributed by atoms with van der Waals surface area (Å²) in [5.74, 6) is 0.252. The van der Waals surface area contributed by atoms with Gasteiger partial charge in [0.25, 0.3) is 11.8 Å². The van der Waals surface area contributed by atoms with Gasteiger partial charge in [0.2, 0.25) is 0 Å². The molecule has 3 rings (SSSR count). The Morgan fingerprint density at radius 2 is 1.93 bits per heavy atom. The molecule has 1 aliphatic carbocycles. The van der Waals surface area contributed by atoms with E-state index in [-0.39, 0.29) is 11.3 Å². The van der Waals surface area contributed by atoms with Gasteiger partial charge in [0.15, 0.2) is 6.10 Å². The van der Waals surface area contributed by atoms with Crippen LogP contribution in [0.3, 0.4) is 0 Å². The van der Waals surface area contributed by atoms with Crippen LogP contribution in [0.5, 0.6) is 5.75 Å². The number of primary amides is 1. The minimum atomic E-state index is -0.738. The molecule has 0 aliphatic heterocycles. The number of thiophene rings is 1. The lowest BCUT2D eigenvalue weighted by molar-refractivity contribution is -0.122. The number of nitrogens with one attached hydrogen (secondary N) is 1. The molecule has 5 nitrogen and oxygen atoms in total. The molecule has 0 fully saturated rings. The third kappa shape index (κ3) is 4.93. The molecule has 2 atom stereocenters. The van der Waals surface area contributed by atoms with Crippen molar-refractivity contribution in [2.45, 2.75) is 53.1 Å². The smallest absolute Gasteiger partial charge is 0.265 e. The Bertz CT molecular complexity index is 915. The Morgan fingerprint density at radius 3 is 2.52 bits per heavy atom. The molecule has 0 saturated carbocycles. The van der Waals surface area contributed by atoms with Crippen molar-refractivity contribution >= 4 is 39.8 Å². The van der Waals surface area contributed by atoms with E-state index in [1.165, 1.54) is 11.3 Å². The highest BCUT2D eigenvalue weighted by molar-refractivity contribution is 7.17. The van der Waals surface area contributed by atoms with E-state index >= 15 is 0 Å². The SMILES string of the molecule is C[C@H](Oc1ccc(Cl)cc1)C(=O)Nc1sc2c(c1C(N)=O)CC[C@@H](C(C)(C)C)C2. The van der Waals surface area contributed by atoms with E-state index in [4.69, 9.17) is 22.1 Å². The van der Waals surface area contributed by atoms with Crippen molar-refractivity contribution < 1.29 is 14.3 Å². The molecule has 2 amide bonds. The van der Waals surface area contributed by atoms with Gasteiger partial charge in [0, 0.05) is 9.90 Å². The first-order valence-corrected chi connectivity index (χ1v) is 10.9. The van der Waals surface area contributed by atoms with Crippen molar-refractivity contribution in [2.75, 3.05) is 5.32 Å². The van der Waals surface area contributed by atoms with E-state index in [1.54, 1.807) is 31.2 Å². The number of carbonyl (C=O) groups is 2. The third-order valence-corrected chi connectivity index (χ3v) is 6.89. The summed E-state index contributed by atoms with van der Waals surface area (Å²) in [5.41, 5.74) is 7.30. The molecule has 7 heteroatoms. The molecule has 0 radical (unpaired) electrons. The quantitative estimate of drug-likeness (QED) is 0.690. The number of fused-ring (bicyclic) bond motifs is 1. The first kappa shape index (κ1) is 21.7. The fraction of sp³-hybridized carbons (Fsp3) is 0.455. The van der Waals surface area contributed by atoms with E-state index < -0.39 is 12.0 Å². The van der Waals surface area contributed by atoms with Crippen molar-refractivity contribution in [3.05, 3.63) is 45.3 Å². The van der Waals surface area contributed by atoms with Crippen LogP contribution in [0, 0.1) is 11.3 Å². The van der Waals surface area contributed by atoms with Crippen molar-refractivity contribution in [3.8, 4) is 5.75 Å². The van der Waals surface area contributed by atoms with Gasteiger partial charge in [-0.25, -0.2) is 0 Å². The van der Waals surface area contributed by atoms with E-state index in [0.717, 1.165) is 29.7 Å². The van der Waals surface area contributed by atoms with Gasteiger partial charge in [-0.2, -0.15) is 0 Å². The number of rotatable bonds is 5. The second-order valence-electron chi connectivity index (χ2n) is 8.58. The van der Waals surface area contributed by atoms with Gasteiger partial charge >= 0.3 is 0 Å². The summed E-state index contributed by atoms with van der Waals surface area (Å²) in [6.45, 7) is 8.38. The Balaban J connectivity index is 1.78. The van der Waals surface area contributed by atoms with Crippen molar-refractivity contribution in [1.29, 1.82) is 0 Å². The van der Waals surface area contributed by atoms with Gasteiger partial charge in [-0.15, -0.1) is 11.3 Å². The van der Waals surface area contributed by atoms with Gasteiger partial charge in [-0.3, -0.25) is 9.59 Å². The molecule has 1 heterocycles. The Hall–Kier alpha value is -2.05. The number of ether oxygens (including phenoxy) is 1. The Kier molecular flexibility index (Phi) is 6.24. The molecule has 1 aliphatic rings. The second kappa shape index (κ2) is 8.36. The highest BCUT2D eigenvalue weighted by Crippen LogP contribution is 2.44. The van der Waals surface area contributed by atoms with Crippen molar-refractivity contribution in [3.63, 3.8) is 0 Å². The average Bonchev–Trinajstić information content (AvgIpc) is 2.99. The molecule has 1 aromatic carbocycles. The summed E-state index contributed by atoms with van der Waals surface area (Å²) >= 11 is 7.33. The van der Waals surface area contributed by atoms with Crippen LogP contribution in [-0.2, 0) is 17.6 Å². The van der Waals surface area contributed by atoms with Gasteiger partial charge in [-0.05, 0) is 67.3 Å². The summed E-state index contributed by atoms with van der Waals surface area (Å²) in [7, 11) is 0. The Labute approximate surface area is 180 Å². The van der Waals surface area contributed by atoms with E-state index in [2.05, 4.69) is 26.1 Å². The molecule has 0 unspecified atom stereocenters. The second-order valence-corrected chi connectivity index (χ2v) is 10.1. The molecular formula is C22H27ClN2O3S. The number of hydrogen-bond donors (Lipinski definition) is 2. The fourth-order valence-corrected chi connectivity index (χ4v) is 5.12. The summed E-state index contributed by atoms with van der Waals surface area (Å²) in [4.78, 5) is 26.0. The monoisotopic (exact) mass is 434 g/mol. The summed E-state index contributed by atoms with van der Waals surface area (Å²) in [6, 6.07) is 6.81. The molecule has 156 valence electrons. The molecule has 2 aromatic rings. The largest absolute Gasteiger partial charge is 0.481 e. The van der Waals surface area contributed by atoms with Crippen molar-refractivity contribution in [1.82, 2.24) is 0 Å². The van der Waals surface area contributed by atoms with Gasteiger partial charge in [0.05, 0.1) is 5.56 Å². The maximum atomic E-state index is 12.7. The van der Waals surface area contributed by atoms with Crippen LogP contribution in [0.25, 0.3) is 0 Å². The van der Waals surface area contributed by atoms with Gasteiger partial charge < -0.3 is 15.8 Å². The molecule has 0 spiro atoms.